The van der Waals surface area contributed by atoms with Gasteiger partial charge in [0, 0.05) is 10.4 Å². The van der Waals surface area contributed by atoms with Crippen LogP contribution in [0.3, 0.4) is 0 Å². The van der Waals surface area contributed by atoms with Gasteiger partial charge in [0.2, 0.25) is 11.3 Å². The molecule has 0 aliphatic rings. The van der Waals surface area contributed by atoms with Crippen molar-refractivity contribution in [2.75, 3.05) is 0 Å². The molecular weight excluding hydrogens is 326 g/mol. The van der Waals surface area contributed by atoms with Crippen LogP contribution in [0.5, 0.6) is 0 Å². The number of aromatic nitrogens is 2. The SMILES string of the molecule is C[C@H](NC(=O)Cn1ncc(=O)c2ccccc21)c1ccc(Cl)cc1. The molecule has 0 unspecified atom stereocenters. The van der Waals surface area contributed by atoms with Gasteiger partial charge in [0.25, 0.3) is 0 Å². The van der Waals surface area contributed by atoms with Crippen molar-refractivity contribution < 1.29 is 4.79 Å². The molecule has 1 atom stereocenters. The second-order valence-electron chi connectivity index (χ2n) is 5.52. The number of carbonyl (C=O) groups excluding carboxylic acids is 1. The molecule has 0 fully saturated rings. The predicted molar refractivity (Wildman–Crippen MR) is 94.0 cm³/mol. The summed E-state index contributed by atoms with van der Waals surface area (Å²) in [6.45, 7) is 1.94. The van der Waals surface area contributed by atoms with Gasteiger partial charge in [0.05, 0.1) is 17.8 Å². The fourth-order valence-electron chi connectivity index (χ4n) is 2.54. The molecular formula is C18H16ClN3O2. The molecule has 0 spiro atoms. The van der Waals surface area contributed by atoms with Gasteiger partial charge in [-0.15, -0.1) is 0 Å². The number of nitrogens with zero attached hydrogens (tertiary/aromatic N) is 2. The molecule has 1 aromatic heterocycles. The molecule has 0 bridgehead atoms. The van der Waals surface area contributed by atoms with E-state index < -0.39 is 0 Å². The largest absolute Gasteiger partial charge is 0.348 e. The van der Waals surface area contributed by atoms with E-state index in [9.17, 15) is 9.59 Å². The molecule has 122 valence electrons. The van der Waals surface area contributed by atoms with Gasteiger partial charge < -0.3 is 5.32 Å². The van der Waals surface area contributed by atoms with Crippen molar-refractivity contribution in [2.45, 2.75) is 19.5 Å². The van der Waals surface area contributed by atoms with Crippen molar-refractivity contribution in [1.29, 1.82) is 0 Å². The van der Waals surface area contributed by atoms with Crippen molar-refractivity contribution >= 4 is 28.4 Å². The fourth-order valence-corrected chi connectivity index (χ4v) is 2.67. The highest BCUT2D eigenvalue weighted by molar-refractivity contribution is 6.30. The van der Waals surface area contributed by atoms with E-state index in [2.05, 4.69) is 10.4 Å². The first kappa shape index (κ1) is 16.2. The zero-order valence-electron chi connectivity index (χ0n) is 13.1. The molecule has 3 aromatic rings. The Labute approximate surface area is 143 Å². The van der Waals surface area contributed by atoms with E-state index in [4.69, 9.17) is 11.6 Å². The van der Waals surface area contributed by atoms with Crippen LogP contribution in [-0.2, 0) is 11.3 Å². The van der Waals surface area contributed by atoms with Crippen LogP contribution >= 0.6 is 11.6 Å². The van der Waals surface area contributed by atoms with Gasteiger partial charge >= 0.3 is 0 Å². The fraction of sp³-hybridized carbons (Fsp3) is 0.167. The third kappa shape index (κ3) is 3.46. The zero-order chi connectivity index (χ0) is 17.1. The molecule has 0 aliphatic carbocycles. The number of benzene rings is 2. The lowest BCUT2D eigenvalue weighted by atomic mass is 10.1. The summed E-state index contributed by atoms with van der Waals surface area (Å²) in [4.78, 5) is 24.1. The number of para-hydroxylation sites is 1. The van der Waals surface area contributed by atoms with Gasteiger partial charge in [-0.3, -0.25) is 14.3 Å². The molecule has 24 heavy (non-hydrogen) atoms. The second-order valence-corrected chi connectivity index (χ2v) is 5.96. The molecule has 0 saturated carbocycles. The average molecular weight is 342 g/mol. The Kier molecular flexibility index (Phi) is 4.62. The Balaban J connectivity index is 1.77. The highest BCUT2D eigenvalue weighted by Gasteiger charge is 2.12. The summed E-state index contributed by atoms with van der Waals surface area (Å²) >= 11 is 5.87. The molecule has 0 saturated heterocycles. The van der Waals surface area contributed by atoms with Crippen molar-refractivity contribution in [2.24, 2.45) is 0 Å². The van der Waals surface area contributed by atoms with E-state index in [0.717, 1.165) is 5.56 Å². The van der Waals surface area contributed by atoms with Gasteiger partial charge in [-0.2, -0.15) is 5.10 Å². The van der Waals surface area contributed by atoms with Crippen molar-refractivity contribution in [3.63, 3.8) is 0 Å². The number of rotatable bonds is 4. The number of hydrogen-bond donors (Lipinski definition) is 1. The third-order valence-corrected chi connectivity index (χ3v) is 4.05. The summed E-state index contributed by atoms with van der Waals surface area (Å²) in [7, 11) is 0. The van der Waals surface area contributed by atoms with Crippen LogP contribution in [0.1, 0.15) is 18.5 Å². The maximum absolute atomic E-state index is 12.3. The molecule has 5 nitrogen and oxygen atoms in total. The molecule has 6 heteroatoms. The van der Waals surface area contributed by atoms with Crippen LogP contribution in [0.25, 0.3) is 10.9 Å². The molecule has 1 heterocycles. The second kappa shape index (κ2) is 6.84. The maximum Gasteiger partial charge on any atom is 0.242 e. The van der Waals surface area contributed by atoms with Crippen molar-refractivity contribution in [1.82, 2.24) is 15.1 Å². The van der Waals surface area contributed by atoms with Gasteiger partial charge in [-0.1, -0.05) is 35.9 Å². The van der Waals surface area contributed by atoms with Crippen LogP contribution in [-0.4, -0.2) is 15.7 Å². The lowest BCUT2D eigenvalue weighted by Crippen LogP contribution is -2.31. The number of fused-ring (bicyclic) bond motifs is 1. The zero-order valence-corrected chi connectivity index (χ0v) is 13.8. The van der Waals surface area contributed by atoms with E-state index >= 15 is 0 Å². The maximum atomic E-state index is 12.3. The number of hydrogen-bond acceptors (Lipinski definition) is 3. The number of carbonyl (C=O) groups is 1. The summed E-state index contributed by atoms with van der Waals surface area (Å²) in [5.74, 6) is -0.182. The molecule has 1 amide bonds. The molecule has 2 aromatic carbocycles. The van der Waals surface area contributed by atoms with Crippen molar-refractivity contribution in [3.05, 3.63) is 75.5 Å². The predicted octanol–water partition coefficient (Wildman–Crippen LogP) is 2.93. The van der Waals surface area contributed by atoms with E-state index in [1.807, 2.05) is 25.1 Å². The minimum absolute atomic E-state index is 0.0404. The quantitative estimate of drug-likeness (QED) is 0.793. The monoisotopic (exact) mass is 341 g/mol. The summed E-state index contributed by atoms with van der Waals surface area (Å²) in [5.41, 5.74) is 1.45. The highest BCUT2D eigenvalue weighted by Crippen LogP contribution is 2.16. The standard InChI is InChI=1S/C18H16ClN3O2/c1-12(13-6-8-14(19)9-7-13)21-18(24)11-22-16-5-3-2-4-15(16)17(23)10-20-22/h2-10,12H,11H2,1H3,(H,21,24)/t12-/m0/s1. The lowest BCUT2D eigenvalue weighted by molar-refractivity contribution is -0.122. The first-order valence-electron chi connectivity index (χ1n) is 7.54. The Morgan fingerprint density at radius 3 is 2.67 bits per heavy atom. The molecule has 1 N–H and O–H groups in total. The Morgan fingerprint density at radius 1 is 1.21 bits per heavy atom. The number of amides is 1. The van der Waals surface area contributed by atoms with Gasteiger partial charge in [-0.05, 0) is 36.8 Å². The summed E-state index contributed by atoms with van der Waals surface area (Å²) < 4.78 is 1.53. The Bertz CT molecular complexity index is 935. The van der Waals surface area contributed by atoms with Crippen LogP contribution < -0.4 is 10.7 Å². The topological polar surface area (TPSA) is 64.0 Å². The minimum Gasteiger partial charge on any atom is -0.348 e. The van der Waals surface area contributed by atoms with Gasteiger partial charge in [0.15, 0.2) is 0 Å². The number of nitrogens with one attached hydrogen (secondary N) is 1. The van der Waals surface area contributed by atoms with Crippen LogP contribution in [0.15, 0.2) is 59.5 Å². The third-order valence-electron chi connectivity index (χ3n) is 3.80. The summed E-state index contributed by atoms with van der Waals surface area (Å²) in [5, 5.41) is 8.19. The molecule has 0 aliphatic heterocycles. The van der Waals surface area contributed by atoms with Crippen LogP contribution in [0.2, 0.25) is 5.02 Å². The van der Waals surface area contributed by atoms with Crippen molar-refractivity contribution in [3.8, 4) is 0 Å². The van der Waals surface area contributed by atoms with E-state index in [1.165, 1.54) is 10.9 Å². The molecule has 0 radical (unpaired) electrons. The van der Waals surface area contributed by atoms with Crippen LogP contribution in [0.4, 0.5) is 0 Å². The first-order chi connectivity index (χ1) is 11.5. The number of halogens is 1. The van der Waals surface area contributed by atoms with Gasteiger partial charge in [-0.25, -0.2) is 0 Å². The molecule has 3 rings (SSSR count). The Hall–Kier alpha value is -2.66. The highest BCUT2D eigenvalue weighted by atomic mass is 35.5. The first-order valence-corrected chi connectivity index (χ1v) is 7.92. The van der Waals surface area contributed by atoms with Crippen LogP contribution in [0, 0.1) is 0 Å². The summed E-state index contributed by atoms with van der Waals surface area (Å²) in [6, 6.07) is 14.3. The lowest BCUT2D eigenvalue weighted by Gasteiger charge is -2.15. The van der Waals surface area contributed by atoms with Gasteiger partial charge in [0.1, 0.15) is 6.54 Å². The summed E-state index contributed by atoms with van der Waals surface area (Å²) in [6.07, 6.45) is 1.23. The Morgan fingerprint density at radius 2 is 1.92 bits per heavy atom. The van der Waals surface area contributed by atoms with E-state index in [-0.39, 0.29) is 23.9 Å². The minimum atomic E-state index is -0.182. The average Bonchev–Trinajstić information content (AvgIpc) is 2.58. The van der Waals surface area contributed by atoms with E-state index in [1.54, 1.807) is 30.3 Å². The van der Waals surface area contributed by atoms with E-state index in [0.29, 0.717) is 15.9 Å². The smallest absolute Gasteiger partial charge is 0.242 e. The normalized spacial score (nSPS) is 12.1.